The van der Waals surface area contributed by atoms with Crippen LogP contribution in [0.2, 0.25) is 10.0 Å². The van der Waals surface area contributed by atoms with Crippen LogP contribution in [0.3, 0.4) is 0 Å². The van der Waals surface area contributed by atoms with Gasteiger partial charge in [-0.15, -0.1) is 10.2 Å². The normalized spacial score (nSPS) is 13.3. The lowest BCUT2D eigenvalue weighted by atomic mass is 10.1. The van der Waals surface area contributed by atoms with E-state index in [1.54, 1.807) is 35.7 Å². The monoisotopic (exact) mass is 390 g/mol. The van der Waals surface area contributed by atoms with Crippen LogP contribution in [0.15, 0.2) is 52.7 Å². The van der Waals surface area contributed by atoms with Crippen molar-refractivity contribution in [2.75, 3.05) is 12.9 Å². The largest absolute Gasteiger partial charge is 0.497 e. The summed E-state index contributed by atoms with van der Waals surface area (Å²) in [7, 11) is 1.65. The molecular weight excluding hydrogens is 379 g/mol. The van der Waals surface area contributed by atoms with E-state index in [1.165, 1.54) is 0 Å². The Hall–Kier alpha value is -2.02. The molecule has 0 bridgehead atoms. The highest BCUT2D eigenvalue weighted by molar-refractivity contribution is 7.99. The number of aromatic nitrogens is 3. The van der Waals surface area contributed by atoms with Crippen molar-refractivity contribution < 1.29 is 4.74 Å². The summed E-state index contributed by atoms with van der Waals surface area (Å²) in [6.45, 7) is 0. The highest BCUT2D eigenvalue weighted by Gasteiger charge is 2.21. The lowest BCUT2D eigenvalue weighted by molar-refractivity contribution is 0.415. The van der Waals surface area contributed by atoms with Gasteiger partial charge in [-0.2, -0.15) is 9.78 Å². The van der Waals surface area contributed by atoms with Crippen molar-refractivity contribution in [2.24, 2.45) is 5.10 Å². The molecule has 25 heavy (non-hydrogen) atoms. The number of thioether (sulfide) groups is 1. The van der Waals surface area contributed by atoms with E-state index in [1.807, 2.05) is 30.3 Å². The van der Waals surface area contributed by atoms with Crippen LogP contribution in [0.4, 0.5) is 0 Å². The summed E-state index contributed by atoms with van der Waals surface area (Å²) in [5.74, 6) is 2.17. The molecule has 0 radical (unpaired) electrons. The number of benzene rings is 2. The molecule has 2 aromatic carbocycles. The second-order valence-electron chi connectivity index (χ2n) is 5.31. The second kappa shape index (κ2) is 6.71. The Morgan fingerprint density at radius 1 is 1.00 bits per heavy atom. The molecule has 2 heterocycles. The van der Waals surface area contributed by atoms with Gasteiger partial charge in [0.15, 0.2) is 5.82 Å². The average Bonchev–Trinajstić information content (AvgIpc) is 3.07. The maximum absolute atomic E-state index is 6.12. The van der Waals surface area contributed by atoms with Gasteiger partial charge in [-0.3, -0.25) is 0 Å². The Morgan fingerprint density at radius 2 is 1.76 bits per heavy atom. The maximum Gasteiger partial charge on any atom is 0.212 e. The summed E-state index contributed by atoms with van der Waals surface area (Å²) < 4.78 is 6.95. The van der Waals surface area contributed by atoms with E-state index in [4.69, 9.17) is 33.0 Å². The van der Waals surface area contributed by atoms with Gasteiger partial charge in [-0.25, -0.2) is 0 Å². The van der Waals surface area contributed by atoms with E-state index in [-0.39, 0.29) is 0 Å². The molecule has 3 aromatic rings. The summed E-state index contributed by atoms with van der Waals surface area (Å²) >= 11 is 13.7. The first kappa shape index (κ1) is 16.4. The average molecular weight is 391 g/mol. The molecule has 0 saturated carbocycles. The zero-order chi connectivity index (χ0) is 17.4. The number of nitrogens with zero attached hydrogens (tertiary/aromatic N) is 4. The molecule has 1 aliphatic rings. The quantitative estimate of drug-likeness (QED) is 0.654. The van der Waals surface area contributed by atoms with Crippen LogP contribution in [0.1, 0.15) is 5.56 Å². The minimum atomic E-state index is 0.472. The standard InChI is InChI=1S/C17H12Cl2N4OS/c1-24-12-5-2-10(3-6-12)15-9-25-17-21-20-16(23(17)22-15)11-4-7-13(18)14(19)8-11/h2-8H,9H2,1H3. The predicted molar refractivity (Wildman–Crippen MR) is 101 cm³/mol. The van der Waals surface area contributed by atoms with Crippen LogP contribution in [-0.2, 0) is 0 Å². The molecule has 1 aliphatic heterocycles. The zero-order valence-electron chi connectivity index (χ0n) is 13.1. The van der Waals surface area contributed by atoms with E-state index in [0.29, 0.717) is 15.9 Å². The van der Waals surface area contributed by atoms with Crippen molar-refractivity contribution in [3.05, 3.63) is 58.1 Å². The first-order chi connectivity index (χ1) is 12.2. The molecule has 0 unspecified atom stereocenters. The Bertz CT molecular complexity index is 969. The Kier molecular flexibility index (Phi) is 4.41. The SMILES string of the molecule is COc1ccc(C2=Nn3c(nnc3-c3ccc(Cl)c(Cl)c3)SC2)cc1. The van der Waals surface area contributed by atoms with Gasteiger partial charge in [-0.1, -0.05) is 35.0 Å². The molecule has 0 N–H and O–H groups in total. The molecule has 5 nitrogen and oxygen atoms in total. The lowest BCUT2D eigenvalue weighted by Crippen LogP contribution is -2.13. The van der Waals surface area contributed by atoms with Crippen molar-refractivity contribution in [1.82, 2.24) is 14.9 Å². The Balaban J connectivity index is 1.75. The topological polar surface area (TPSA) is 52.3 Å². The molecule has 0 amide bonds. The highest BCUT2D eigenvalue weighted by atomic mass is 35.5. The fourth-order valence-corrected chi connectivity index (χ4v) is 3.60. The van der Waals surface area contributed by atoms with Gasteiger partial charge in [0.1, 0.15) is 5.75 Å². The number of hydrogen-bond donors (Lipinski definition) is 0. The summed E-state index contributed by atoms with van der Waals surface area (Å²) in [5, 5.41) is 14.9. The van der Waals surface area contributed by atoms with Crippen LogP contribution >= 0.6 is 35.0 Å². The molecular formula is C17H12Cl2N4OS. The third-order valence-electron chi connectivity index (χ3n) is 3.77. The van der Waals surface area contributed by atoms with Gasteiger partial charge in [0.25, 0.3) is 0 Å². The third-order valence-corrected chi connectivity index (χ3v) is 5.44. The van der Waals surface area contributed by atoms with Crippen LogP contribution < -0.4 is 4.74 Å². The molecule has 8 heteroatoms. The number of fused-ring (bicyclic) bond motifs is 1. The van der Waals surface area contributed by atoms with Crippen LogP contribution in [-0.4, -0.2) is 33.4 Å². The van der Waals surface area contributed by atoms with Gasteiger partial charge in [0, 0.05) is 11.3 Å². The maximum atomic E-state index is 6.12. The van der Waals surface area contributed by atoms with Gasteiger partial charge in [-0.05, 0) is 48.0 Å². The Morgan fingerprint density at radius 3 is 2.48 bits per heavy atom. The highest BCUT2D eigenvalue weighted by Crippen LogP contribution is 2.31. The van der Waals surface area contributed by atoms with E-state index in [2.05, 4.69) is 10.2 Å². The number of ether oxygens (including phenoxy) is 1. The number of halogens is 2. The summed E-state index contributed by atoms with van der Waals surface area (Å²) in [4.78, 5) is 0. The van der Waals surface area contributed by atoms with E-state index in [9.17, 15) is 0 Å². The van der Waals surface area contributed by atoms with Gasteiger partial charge in [0.2, 0.25) is 5.16 Å². The second-order valence-corrected chi connectivity index (χ2v) is 7.07. The van der Waals surface area contributed by atoms with Crippen molar-refractivity contribution in [3.63, 3.8) is 0 Å². The minimum Gasteiger partial charge on any atom is -0.497 e. The van der Waals surface area contributed by atoms with Gasteiger partial charge >= 0.3 is 0 Å². The molecule has 4 rings (SSSR count). The van der Waals surface area contributed by atoms with Crippen molar-refractivity contribution in [3.8, 4) is 17.1 Å². The van der Waals surface area contributed by atoms with Crippen molar-refractivity contribution >= 4 is 40.7 Å². The summed E-state index contributed by atoms with van der Waals surface area (Å²) in [5.41, 5.74) is 2.79. The molecule has 0 aliphatic carbocycles. The van der Waals surface area contributed by atoms with Gasteiger partial charge in [0.05, 0.1) is 22.9 Å². The van der Waals surface area contributed by atoms with Gasteiger partial charge < -0.3 is 4.74 Å². The van der Waals surface area contributed by atoms with Crippen LogP contribution in [0.5, 0.6) is 5.75 Å². The first-order valence-corrected chi connectivity index (χ1v) is 9.16. The van der Waals surface area contributed by atoms with Crippen molar-refractivity contribution in [1.29, 1.82) is 0 Å². The number of methoxy groups -OCH3 is 1. The fraction of sp³-hybridized carbons (Fsp3) is 0.118. The smallest absolute Gasteiger partial charge is 0.212 e. The van der Waals surface area contributed by atoms with E-state index >= 15 is 0 Å². The summed E-state index contributed by atoms with van der Waals surface area (Å²) in [6, 6.07) is 13.2. The molecule has 0 fully saturated rings. The third kappa shape index (κ3) is 3.13. The molecule has 126 valence electrons. The minimum absolute atomic E-state index is 0.472. The fourth-order valence-electron chi connectivity index (χ4n) is 2.47. The zero-order valence-corrected chi connectivity index (χ0v) is 15.4. The predicted octanol–water partition coefficient (Wildman–Crippen LogP) is 4.62. The Labute approximate surface area is 158 Å². The number of hydrogen-bond acceptors (Lipinski definition) is 5. The van der Waals surface area contributed by atoms with Crippen LogP contribution in [0, 0.1) is 0 Å². The van der Waals surface area contributed by atoms with Crippen LogP contribution in [0.25, 0.3) is 11.4 Å². The molecule has 1 aromatic heterocycles. The lowest BCUT2D eigenvalue weighted by Gasteiger charge is -2.14. The molecule has 0 atom stereocenters. The summed E-state index contributed by atoms with van der Waals surface area (Å²) in [6.07, 6.45) is 0. The first-order valence-electron chi connectivity index (χ1n) is 7.41. The van der Waals surface area contributed by atoms with E-state index < -0.39 is 0 Å². The molecule has 0 spiro atoms. The van der Waals surface area contributed by atoms with E-state index in [0.717, 1.165) is 33.5 Å². The van der Waals surface area contributed by atoms with Crippen molar-refractivity contribution in [2.45, 2.75) is 5.16 Å². The number of rotatable bonds is 3. The molecule has 0 saturated heterocycles.